The second kappa shape index (κ2) is 10.8. The van der Waals surface area contributed by atoms with Crippen molar-refractivity contribution in [2.75, 3.05) is 12.0 Å². The molecular formula is C29H20ClN3O5S2. The lowest BCUT2D eigenvalue weighted by atomic mass is 9.95. The van der Waals surface area contributed by atoms with Crippen molar-refractivity contribution < 1.29 is 23.8 Å². The minimum Gasteiger partial charge on any atom is -0.503 e. The number of aromatic nitrogens is 2. The number of amides is 1. The normalized spacial score (nSPS) is 15.3. The average Bonchev–Trinajstić information content (AvgIpc) is 3.69. The Morgan fingerprint density at radius 3 is 2.62 bits per heavy atom. The van der Waals surface area contributed by atoms with E-state index in [0.717, 1.165) is 5.56 Å². The number of furan rings is 1. The van der Waals surface area contributed by atoms with Gasteiger partial charge >= 0.3 is 0 Å². The minimum absolute atomic E-state index is 0.0203. The summed E-state index contributed by atoms with van der Waals surface area (Å²) in [4.78, 5) is 28.6. The molecule has 8 nitrogen and oxygen atoms in total. The molecule has 2 aromatic heterocycles. The van der Waals surface area contributed by atoms with Gasteiger partial charge in [-0.15, -0.1) is 10.2 Å². The van der Waals surface area contributed by atoms with Crippen LogP contribution in [0, 0.1) is 0 Å². The van der Waals surface area contributed by atoms with E-state index in [4.69, 9.17) is 20.8 Å². The summed E-state index contributed by atoms with van der Waals surface area (Å²) in [5, 5.41) is 21.1. The van der Waals surface area contributed by atoms with Gasteiger partial charge in [0.25, 0.3) is 5.91 Å². The molecule has 5 aromatic rings. The Kier molecular flexibility index (Phi) is 7.05. The molecule has 0 fully saturated rings. The molecule has 3 aromatic carbocycles. The number of Topliss-reactive ketones (excluding diaryl/α,β-unsaturated/α-hetero) is 1. The number of benzene rings is 3. The number of halogens is 1. The summed E-state index contributed by atoms with van der Waals surface area (Å²) in [6.45, 7) is 0. The maximum Gasteiger partial charge on any atom is 0.296 e. The van der Waals surface area contributed by atoms with E-state index in [1.807, 2.05) is 30.3 Å². The van der Waals surface area contributed by atoms with Gasteiger partial charge in [0.1, 0.15) is 0 Å². The van der Waals surface area contributed by atoms with Crippen LogP contribution in [0.4, 0.5) is 5.13 Å². The molecular weight excluding hydrogens is 570 g/mol. The van der Waals surface area contributed by atoms with Crippen molar-refractivity contribution in [1.82, 2.24) is 10.2 Å². The standard InChI is InChI=1S/C29H20ClN3O5S2/c1-37-20-9-5-8-18-14-21(38-26(18)20)24(34)22-23(17-6-3-2-4-7-17)33(27(36)25(22)35)28-31-32-29(40-28)39-15-16-10-12-19(30)13-11-16/h2-14,23,35H,15H2,1H3. The average molecular weight is 590 g/mol. The first-order valence-corrected chi connectivity index (χ1v) is 14.3. The van der Waals surface area contributed by atoms with Crippen molar-refractivity contribution in [3.63, 3.8) is 0 Å². The monoisotopic (exact) mass is 589 g/mol. The molecule has 6 rings (SSSR count). The zero-order valence-electron chi connectivity index (χ0n) is 20.9. The highest BCUT2D eigenvalue weighted by molar-refractivity contribution is 8.00. The van der Waals surface area contributed by atoms with Crippen molar-refractivity contribution >= 4 is 62.5 Å². The molecule has 1 N–H and O–H groups in total. The number of thioether (sulfide) groups is 1. The van der Waals surface area contributed by atoms with Crippen molar-refractivity contribution in [2.24, 2.45) is 0 Å². The van der Waals surface area contributed by atoms with Gasteiger partial charge in [0, 0.05) is 16.2 Å². The predicted molar refractivity (Wildman–Crippen MR) is 154 cm³/mol. The number of fused-ring (bicyclic) bond motifs is 1. The van der Waals surface area contributed by atoms with E-state index in [2.05, 4.69) is 10.2 Å². The van der Waals surface area contributed by atoms with E-state index in [0.29, 0.717) is 37.4 Å². The molecule has 1 aliphatic heterocycles. The van der Waals surface area contributed by atoms with Crippen LogP contribution in [0.5, 0.6) is 5.75 Å². The Bertz CT molecular complexity index is 1770. The number of ketones is 1. The molecule has 200 valence electrons. The Balaban J connectivity index is 1.35. The number of anilines is 1. The summed E-state index contributed by atoms with van der Waals surface area (Å²) in [6, 6.07) is 22.5. The molecule has 0 bridgehead atoms. The molecule has 3 heterocycles. The van der Waals surface area contributed by atoms with Gasteiger partial charge in [0.05, 0.1) is 18.7 Å². The summed E-state index contributed by atoms with van der Waals surface area (Å²) >= 11 is 8.64. The topological polar surface area (TPSA) is 106 Å². The maximum atomic E-state index is 13.8. The number of aliphatic hydroxyl groups excluding tert-OH is 1. The number of aliphatic hydroxyl groups is 1. The number of para-hydroxylation sites is 1. The van der Waals surface area contributed by atoms with Crippen LogP contribution < -0.4 is 9.64 Å². The first-order valence-electron chi connectivity index (χ1n) is 12.1. The third kappa shape index (κ3) is 4.74. The second-order valence-electron chi connectivity index (χ2n) is 8.83. The van der Waals surface area contributed by atoms with Crippen LogP contribution in [-0.4, -0.2) is 34.1 Å². The van der Waals surface area contributed by atoms with Gasteiger partial charge in [-0.3, -0.25) is 14.5 Å². The molecule has 1 aliphatic rings. The highest BCUT2D eigenvalue weighted by Crippen LogP contribution is 2.44. The summed E-state index contributed by atoms with van der Waals surface area (Å²) in [7, 11) is 1.51. The second-order valence-corrected chi connectivity index (χ2v) is 11.4. The molecule has 0 saturated heterocycles. The zero-order chi connectivity index (χ0) is 27.8. The third-order valence-electron chi connectivity index (χ3n) is 6.40. The third-order valence-corrected chi connectivity index (χ3v) is 8.78. The quantitative estimate of drug-likeness (QED) is 0.117. The number of rotatable bonds is 8. The highest BCUT2D eigenvalue weighted by Gasteiger charge is 2.46. The van der Waals surface area contributed by atoms with Crippen LogP contribution in [0.25, 0.3) is 11.0 Å². The molecule has 0 radical (unpaired) electrons. The first-order chi connectivity index (χ1) is 19.4. The van der Waals surface area contributed by atoms with Gasteiger partial charge in [-0.1, -0.05) is 89.3 Å². The molecule has 1 atom stereocenters. The Morgan fingerprint density at radius 1 is 1.10 bits per heavy atom. The SMILES string of the molecule is COc1cccc2cc(C(=O)C3=C(O)C(=O)N(c4nnc(SCc5ccc(Cl)cc5)s4)C3c3ccccc3)oc12. The van der Waals surface area contributed by atoms with Crippen molar-refractivity contribution in [2.45, 2.75) is 16.1 Å². The molecule has 1 unspecified atom stereocenters. The molecule has 1 amide bonds. The van der Waals surface area contributed by atoms with E-state index in [1.165, 1.54) is 35.1 Å². The van der Waals surface area contributed by atoms with Crippen LogP contribution in [0.2, 0.25) is 5.02 Å². The number of hydrogen-bond donors (Lipinski definition) is 1. The fraction of sp³-hybridized carbons (Fsp3) is 0.103. The molecule has 0 spiro atoms. The number of nitrogens with zero attached hydrogens (tertiary/aromatic N) is 3. The molecule has 0 saturated carbocycles. The van der Waals surface area contributed by atoms with Gasteiger partial charge in [0.2, 0.25) is 10.9 Å². The highest BCUT2D eigenvalue weighted by atomic mass is 35.5. The molecule has 11 heteroatoms. The zero-order valence-corrected chi connectivity index (χ0v) is 23.3. The largest absolute Gasteiger partial charge is 0.503 e. The fourth-order valence-corrected chi connectivity index (χ4v) is 6.46. The maximum absolute atomic E-state index is 13.8. The van der Waals surface area contributed by atoms with E-state index >= 15 is 0 Å². The minimum atomic E-state index is -0.932. The van der Waals surface area contributed by atoms with Crippen molar-refractivity contribution in [3.8, 4) is 5.75 Å². The summed E-state index contributed by atoms with van der Waals surface area (Å²) < 4.78 is 11.9. The fourth-order valence-electron chi connectivity index (χ4n) is 4.51. The van der Waals surface area contributed by atoms with Crippen LogP contribution in [0.1, 0.15) is 27.7 Å². The molecule has 40 heavy (non-hydrogen) atoms. The first kappa shape index (κ1) is 26.1. The van der Waals surface area contributed by atoms with E-state index in [1.54, 1.807) is 48.5 Å². The lowest BCUT2D eigenvalue weighted by Crippen LogP contribution is -2.31. The summed E-state index contributed by atoms with van der Waals surface area (Å²) in [5.41, 5.74) is 1.99. The lowest BCUT2D eigenvalue weighted by Gasteiger charge is -2.23. The van der Waals surface area contributed by atoms with Crippen LogP contribution in [-0.2, 0) is 10.5 Å². The van der Waals surface area contributed by atoms with Gasteiger partial charge in [-0.05, 0) is 35.4 Å². The van der Waals surface area contributed by atoms with Gasteiger partial charge < -0.3 is 14.3 Å². The Hall–Kier alpha value is -4.12. The van der Waals surface area contributed by atoms with Crippen LogP contribution >= 0.6 is 34.7 Å². The van der Waals surface area contributed by atoms with Crippen LogP contribution in [0.15, 0.2) is 99.0 Å². The predicted octanol–water partition coefficient (Wildman–Crippen LogP) is 7.02. The number of ether oxygens (including phenoxy) is 1. The van der Waals surface area contributed by atoms with Gasteiger partial charge in [-0.25, -0.2) is 0 Å². The van der Waals surface area contributed by atoms with E-state index < -0.39 is 23.5 Å². The Labute approximate surface area is 241 Å². The summed E-state index contributed by atoms with van der Waals surface area (Å²) in [5.74, 6) is -0.926. The number of carbonyl (C=O) groups is 2. The summed E-state index contributed by atoms with van der Waals surface area (Å²) in [6.07, 6.45) is 0. The van der Waals surface area contributed by atoms with Crippen molar-refractivity contribution in [1.29, 1.82) is 0 Å². The number of hydrogen-bond acceptors (Lipinski definition) is 9. The van der Waals surface area contributed by atoms with E-state index in [9.17, 15) is 14.7 Å². The Morgan fingerprint density at radius 2 is 1.88 bits per heavy atom. The van der Waals surface area contributed by atoms with Crippen molar-refractivity contribution in [3.05, 3.63) is 112 Å². The van der Waals surface area contributed by atoms with Crippen LogP contribution in [0.3, 0.4) is 0 Å². The smallest absolute Gasteiger partial charge is 0.296 e. The lowest BCUT2D eigenvalue weighted by molar-refractivity contribution is -0.117. The van der Waals surface area contributed by atoms with Gasteiger partial charge in [-0.2, -0.15) is 0 Å². The van der Waals surface area contributed by atoms with Gasteiger partial charge in [0.15, 0.2) is 27.2 Å². The number of carbonyl (C=O) groups excluding carboxylic acids is 2. The van der Waals surface area contributed by atoms with E-state index in [-0.39, 0.29) is 16.5 Å². The molecule has 0 aliphatic carbocycles. The number of methoxy groups -OCH3 is 1.